The Morgan fingerprint density at radius 2 is 2.04 bits per heavy atom. The molecule has 4 aromatic heterocycles. The number of aromatic nitrogens is 4. The van der Waals surface area contributed by atoms with Crippen molar-refractivity contribution in [3.63, 3.8) is 0 Å². The first kappa shape index (κ1) is 14.1. The summed E-state index contributed by atoms with van der Waals surface area (Å²) in [6.45, 7) is 0.373. The van der Waals surface area contributed by atoms with Gasteiger partial charge in [0.1, 0.15) is 17.4 Å². The number of thiophene rings is 1. The minimum Gasteiger partial charge on any atom is -0.450 e. The molecule has 0 aliphatic carbocycles. The fourth-order valence-electron chi connectivity index (χ4n) is 2.64. The third-order valence-corrected chi connectivity index (χ3v) is 4.63. The molecule has 0 bridgehead atoms. The highest BCUT2D eigenvalue weighted by atomic mass is 32.1. The summed E-state index contributed by atoms with van der Waals surface area (Å²) in [5.74, 6) is 1.67. The van der Waals surface area contributed by atoms with Crippen LogP contribution in [0.1, 0.15) is 5.82 Å². The molecule has 0 saturated heterocycles. The molecule has 4 heterocycles. The Labute approximate surface area is 145 Å². The van der Waals surface area contributed by atoms with Crippen molar-refractivity contribution < 1.29 is 8.94 Å². The van der Waals surface area contributed by atoms with E-state index in [-0.39, 0.29) is 0 Å². The van der Waals surface area contributed by atoms with Gasteiger partial charge in [-0.15, -0.1) is 11.3 Å². The lowest BCUT2D eigenvalue weighted by atomic mass is 10.2. The Morgan fingerprint density at radius 3 is 2.96 bits per heavy atom. The summed E-state index contributed by atoms with van der Waals surface area (Å²) in [4.78, 5) is 13.9. The Bertz CT molecular complexity index is 1160. The molecule has 0 radical (unpaired) electrons. The zero-order chi connectivity index (χ0) is 16.6. The van der Waals surface area contributed by atoms with Crippen molar-refractivity contribution in [1.82, 2.24) is 20.1 Å². The molecule has 0 aliphatic heterocycles. The predicted molar refractivity (Wildman–Crippen MR) is 94.2 cm³/mol. The predicted octanol–water partition coefficient (Wildman–Crippen LogP) is 4.10. The topological polar surface area (TPSA) is 89.9 Å². The molecular formula is C17H11N5O2S. The number of anilines is 1. The molecule has 122 valence electrons. The maximum atomic E-state index is 5.89. The smallest absolute Gasteiger partial charge is 0.268 e. The van der Waals surface area contributed by atoms with Gasteiger partial charge < -0.3 is 14.3 Å². The SMILES string of the molecule is c1csc(-c2nc(CNc3ncnc4c3oc3ccccc34)no2)c1. The maximum Gasteiger partial charge on any atom is 0.268 e. The molecule has 5 rings (SSSR count). The highest BCUT2D eigenvalue weighted by Crippen LogP contribution is 2.30. The number of para-hydroxylation sites is 1. The van der Waals surface area contributed by atoms with E-state index in [1.807, 2.05) is 41.8 Å². The highest BCUT2D eigenvalue weighted by Gasteiger charge is 2.14. The molecule has 8 heteroatoms. The lowest BCUT2D eigenvalue weighted by Gasteiger charge is -2.01. The quantitative estimate of drug-likeness (QED) is 0.522. The van der Waals surface area contributed by atoms with Gasteiger partial charge in [0, 0.05) is 5.39 Å². The summed E-state index contributed by atoms with van der Waals surface area (Å²) in [5.41, 5.74) is 2.17. The van der Waals surface area contributed by atoms with Crippen LogP contribution in [0.15, 0.2) is 57.0 Å². The number of furan rings is 1. The van der Waals surface area contributed by atoms with Crippen LogP contribution in [0.2, 0.25) is 0 Å². The van der Waals surface area contributed by atoms with Crippen LogP contribution in [0, 0.1) is 0 Å². The summed E-state index contributed by atoms with van der Waals surface area (Å²) in [6, 6.07) is 11.7. The number of hydrogen-bond donors (Lipinski definition) is 1. The van der Waals surface area contributed by atoms with Gasteiger partial charge in [-0.25, -0.2) is 9.97 Å². The molecule has 0 unspecified atom stereocenters. The first-order valence-electron chi connectivity index (χ1n) is 7.61. The summed E-state index contributed by atoms with van der Waals surface area (Å²) < 4.78 is 11.2. The number of rotatable bonds is 4. The molecule has 0 aliphatic rings. The van der Waals surface area contributed by atoms with Gasteiger partial charge in [-0.1, -0.05) is 23.4 Å². The van der Waals surface area contributed by atoms with Crippen molar-refractivity contribution in [1.29, 1.82) is 0 Å². The highest BCUT2D eigenvalue weighted by molar-refractivity contribution is 7.13. The number of nitrogens with one attached hydrogen (secondary N) is 1. The van der Waals surface area contributed by atoms with Gasteiger partial charge >= 0.3 is 0 Å². The molecule has 1 N–H and O–H groups in total. The van der Waals surface area contributed by atoms with Crippen molar-refractivity contribution >= 4 is 39.2 Å². The molecule has 0 amide bonds. The number of benzene rings is 1. The summed E-state index contributed by atoms with van der Waals surface area (Å²) in [5, 5.41) is 10.1. The van der Waals surface area contributed by atoms with Gasteiger partial charge in [0.2, 0.25) is 0 Å². The van der Waals surface area contributed by atoms with Gasteiger partial charge in [0.05, 0.1) is 11.4 Å². The van der Waals surface area contributed by atoms with Crippen LogP contribution < -0.4 is 5.32 Å². The van der Waals surface area contributed by atoms with Crippen molar-refractivity contribution in [3.8, 4) is 10.8 Å². The van der Waals surface area contributed by atoms with Gasteiger partial charge in [-0.2, -0.15) is 4.98 Å². The third kappa shape index (κ3) is 2.43. The van der Waals surface area contributed by atoms with E-state index in [1.54, 1.807) is 11.3 Å². The van der Waals surface area contributed by atoms with Crippen molar-refractivity contribution in [3.05, 3.63) is 53.9 Å². The molecular weight excluding hydrogens is 338 g/mol. The minimum atomic E-state index is 0.373. The second-order valence-electron chi connectivity index (χ2n) is 5.34. The van der Waals surface area contributed by atoms with Crippen LogP contribution in [-0.4, -0.2) is 20.1 Å². The molecule has 7 nitrogen and oxygen atoms in total. The van der Waals surface area contributed by atoms with E-state index in [0.717, 1.165) is 21.4 Å². The monoisotopic (exact) mass is 349 g/mol. The van der Waals surface area contributed by atoms with Crippen LogP contribution in [-0.2, 0) is 6.54 Å². The van der Waals surface area contributed by atoms with Crippen molar-refractivity contribution in [2.45, 2.75) is 6.54 Å². The van der Waals surface area contributed by atoms with E-state index < -0.39 is 0 Å². The van der Waals surface area contributed by atoms with Crippen molar-refractivity contribution in [2.75, 3.05) is 5.32 Å². The lowest BCUT2D eigenvalue weighted by molar-refractivity contribution is 0.424. The molecule has 0 spiro atoms. The van der Waals surface area contributed by atoms with E-state index in [1.165, 1.54) is 6.33 Å². The van der Waals surface area contributed by atoms with Gasteiger partial charge in [0.25, 0.3) is 5.89 Å². The van der Waals surface area contributed by atoms with Crippen LogP contribution in [0.5, 0.6) is 0 Å². The fourth-order valence-corrected chi connectivity index (χ4v) is 3.28. The standard InChI is InChI=1S/C17H11N5O2S/c1-2-5-11-10(4-1)14-15(23-11)16(20-9-19-14)18-8-13-21-17(24-22-13)12-6-3-7-25-12/h1-7,9H,8H2,(H,18,19,20). The number of fused-ring (bicyclic) bond motifs is 3. The van der Waals surface area contributed by atoms with Crippen LogP contribution in [0.4, 0.5) is 5.82 Å². The molecule has 1 aromatic carbocycles. The largest absolute Gasteiger partial charge is 0.450 e. The molecule has 0 saturated carbocycles. The van der Waals surface area contributed by atoms with Crippen LogP contribution in [0.3, 0.4) is 0 Å². The number of nitrogens with zero attached hydrogens (tertiary/aromatic N) is 4. The molecule has 0 fully saturated rings. The average Bonchev–Trinajstić information content (AvgIpc) is 3.38. The number of hydrogen-bond acceptors (Lipinski definition) is 8. The van der Waals surface area contributed by atoms with Gasteiger partial charge in [-0.3, -0.25) is 0 Å². The second-order valence-corrected chi connectivity index (χ2v) is 6.29. The Hall–Kier alpha value is -3.26. The third-order valence-electron chi connectivity index (χ3n) is 3.77. The van der Waals surface area contributed by atoms with Crippen molar-refractivity contribution in [2.24, 2.45) is 0 Å². The van der Waals surface area contributed by atoms with E-state index in [4.69, 9.17) is 8.94 Å². The molecule has 5 aromatic rings. The second kappa shape index (κ2) is 5.67. The molecule has 0 atom stereocenters. The normalized spacial score (nSPS) is 11.4. The zero-order valence-electron chi connectivity index (χ0n) is 12.8. The Balaban J connectivity index is 1.44. The van der Waals surface area contributed by atoms with Gasteiger partial charge in [0.15, 0.2) is 17.2 Å². The van der Waals surface area contributed by atoms with Gasteiger partial charge in [-0.05, 0) is 23.6 Å². The lowest BCUT2D eigenvalue weighted by Crippen LogP contribution is -2.03. The van der Waals surface area contributed by atoms with E-state index in [2.05, 4.69) is 25.4 Å². The van der Waals surface area contributed by atoms with Crippen LogP contribution in [0.25, 0.3) is 32.8 Å². The van der Waals surface area contributed by atoms with Crippen LogP contribution >= 0.6 is 11.3 Å². The minimum absolute atomic E-state index is 0.373. The Kier molecular flexibility index (Phi) is 3.20. The Morgan fingerprint density at radius 1 is 1.08 bits per heavy atom. The van der Waals surface area contributed by atoms with E-state index in [0.29, 0.717) is 29.7 Å². The molecule has 25 heavy (non-hydrogen) atoms. The van der Waals surface area contributed by atoms with E-state index in [9.17, 15) is 0 Å². The first-order chi connectivity index (χ1) is 12.4. The summed E-state index contributed by atoms with van der Waals surface area (Å²) in [7, 11) is 0. The zero-order valence-corrected chi connectivity index (χ0v) is 13.7. The maximum absolute atomic E-state index is 5.89. The fraction of sp³-hybridized carbons (Fsp3) is 0.0588. The summed E-state index contributed by atoms with van der Waals surface area (Å²) in [6.07, 6.45) is 1.51. The first-order valence-corrected chi connectivity index (χ1v) is 8.49. The van der Waals surface area contributed by atoms with E-state index >= 15 is 0 Å². The summed E-state index contributed by atoms with van der Waals surface area (Å²) >= 11 is 1.56. The average molecular weight is 349 g/mol.